The number of carbonyl (C=O) groups excluding carboxylic acids is 1. The second-order valence-electron chi connectivity index (χ2n) is 5.32. The average molecular weight is 303 g/mol. The van der Waals surface area contributed by atoms with Gasteiger partial charge in [-0.25, -0.2) is 9.37 Å². The van der Waals surface area contributed by atoms with Crippen LogP contribution in [0.25, 0.3) is 0 Å². The Morgan fingerprint density at radius 2 is 1.91 bits per heavy atom. The van der Waals surface area contributed by atoms with E-state index in [9.17, 15) is 9.18 Å². The molecule has 0 aliphatic carbocycles. The first-order chi connectivity index (χ1) is 10.7. The minimum atomic E-state index is -0.231. The van der Waals surface area contributed by atoms with Gasteiger partial charge in [0.15, 0.2) is 6.39 Å². The molecule has 22 heavy (non-hydrogen) atoms. The number of nitrogens with zero attached hydrogens (tertiary/aromatic N) is 3. The number of aryl methyl sites for hydroxylation is 1. The number of aromatic nitrogens is 1. The van der Waals surface area contributed by atoms with Crippen LogP contribution >= 0.6 is 0 Å². The Morgan fingerprint density at radius 3 is 2.55 bits per heavy atom. The first kappa shape index (κ1) is 14.6. The lowest BCUT2D eigenvalue weighted by Crippen LogP contribution is -2.48. The Hall–Kier alpha value is -2.37. The molecule has 1 aliphatic heterocycles. The molecule has 0 spiro atoms. The second-order valence-corrected chi connectivity index (χ2v) is 5.32. The topological polar surface area (TPSA) is 49.6 Å². The van der Waals surface area contributed by atoms with Crippen molar-refractivity contribution in [1.29, 1.82) is 0 Å². The van der Waals surface area contributed by atoms with E-state index in [1.54, 1.807) is 18.4 Å². The normalized spacial score (nSPS) is 15.1. The standard InChI is InChI=1S/C16H18FN3O2/c17-13-1-4-15(5-2-13)19-7-9-20(10-8-19)16(21)6-3-14-11-22-12-18-14/h1-2,4-5,11-12H,3,6-10H2. The third-order valence-corrected chi connectivity index (χ3v) is 3.90. The maximum absolute atomic E-state index is 12.9. The van der Waals surface area contributed by atoms with Crippen LogP contribution in [0.15, 0.2) is 41.3 Å². The van der Waals surface area contributed by atoms with Gasteiger partial charge in [-0.3, -0.25) is 4.79 Å². The van der Waals surface area contributed by atoms with Crippen LogP contribution in [0, 0.1) is 5.82 Å². The second kappa shape index (κ2) is 6.60. The summed E-state index contributed by atoms with van der Waals surface area (Å²) in [6.07, 6.45) is 4.00. The van der Waals surface area contributed by atoms with E-state index in [0.717, 1.165) is 24.5 Å². The molecule has 0 saturated carbocycles. The van der Waals surface area contributed by atoms with Gasteiger partial charge in [0.1, 0.15) is 12.1 Å². The third kappa shape index (κ3) is 3.44. The summed E-state index contributed by atoms with van der Waals surface area (Å²) in [5, 5.41) is 0. The van der Waals surface area contributed by atoms with Gasteiger partial charge in [0.2, 0.25) is 5.91 Å². The Labute approximate surface area is 128 Å². The molecular formula is C16H18FN3O2. The fraction of sp³-hybridized carbons (Fsp3) is 0.375. The minimum Gasteiger partial charge on any atom is -0.451 e. The van der Waals surface area contributed by atoms with E-state index in [1.165, 1.54) is 18.5 Å². The highest BCUT2D eigenvalue weighted by Crippen LogP contribution is 2.17. The summed E-state index contributed by atoms with van der Waals surface area (Å²) in [6.45, 7) is 2.91. The summed E-state index contributed by atoms with van der Waals surface area (Å²) in [6, 6.07) is 6.48. The van der Waals surface area contributed by atoms with E-state index < -0.39 is 0 Å². The van der Waals surface area contributed by atoms with Crippen LogP contribution < -0.4 is 4.90 Å². The molecule has 0 unspecified atom stereocenters. The van der Waals surface area contributed by atoms with Crippen molar-refractivity contribution in [2.75, 3.05) is 31.1 Å². The summed E-state index contributed by atoms with van der Waals surface area (Å²) in [4.78, 5) is 20.2. The average Bonchev–Trinajstić information content (AvgIpc) is 3.07. The number of piperazine rings is 1. The molecule has 0 bridgehead atoms. The number of amides is 1. The van der Waals surface area contributed by atoms with Crippen molar-refractivity contribution in [3.63, 3.8) is 0 Å². The van der Waals surface area contributed by atoms with Crippen LogP contribution in [0.3, 0.4) is 0 Å². The number of rotatable bonds is 4. The highest BCUT2D eigenvalue weighted by molar-refractivity contribution is 5.76. The monoisotopic (exact) mass is 303 g/mol. The lowest BCUT2D eigenvalue weighted by Gasteiger charge is -2.36. The first-order valence-corrected chi connectivity index (χ1v) is 7.38. The van der Waals surface area contributed by atoms with E-state index in [2.05, 4.69) is 9.88 Å². The van der Waals surface area contributed by atoms with Crippen LogP contribution in [-0.4, -0.2) is 42.0 Å². The van der Waals surface area contributed by atoms with Crippen molar-refractivity contribution < 1.29 is 13.6 Å². The molecule has 0 N–H and O–H groups in total. The molecule has 1 amide bonds. The largest absolute Gasteiger partial charge is 0.451 e. The van der Waals surface area contributed by atoms with Crippen molar-refractivity contribution in [3.05, 3.63) is 48.4 Å². The summed E-state index contributed by atoms with van der Waals surface area (Å²) in [5.74, 6) is -0.0906. The van der Waals surface area contributed by atoms with Crippen molar-refractivity contribution in [1.82, 2.24) is 9.88 Å². The molecule has 1 fully saturated rings. The highest BCUT2D eigenvalue weighted by Gasteiger charge is 2.21. The zero-order chi connectivity index (χ0) is 15.4. The summed E-state index contributed by atoms with van der Waals surface area (Å²) >= 11 is 0. The van der Waals surface area contributed by atoms with Gasteiger partial charge in [-0.1, -0.05) is 0 Å². The van der Waals surface area contributed by atoms with Gasteiger partial charge in [-0.15, -0.1) is 0 Å². The molecule has 1 aromatic heterocycles. The Kier molecular flexibility index (Phi) is 4.37. The molecule has 3 rings (SSSR count). The van der Waals surface area contributed by atoms with Crippen LogP contribution in [0.5, 0.6) is 0 Å². The van der Waals surface area contributed by atoms with Crippen molar-refractivity contribution >= 4 is 11.6 Å². The van der Waals surface area contributed by atoms with Gasteiger partial charge in [-0.2, -0.15) is 0 Å². The van der Waals surface area contributed by atoms with E-state index in [4.69, 9.17) is 4.42 Å². The summed E-state index contributed by atoms with van der Waals surface area (Å²) in [7, 11) is 0. The van der Waals surface area contributed by atoms with Crippen molar-refractivity contribution in [2.24, 2.45) is 0 Å². The van der Waals surface area contributed by atoms with Gasteiger partial charge in [0.05, 0.1) is 5.69 Å². The molecule has 2 heterocycles. The first-order valence-electron chi connectivity index (χ1n) is 7.38. The number of halogens is 1. The maximum atomic E-state index is 12.9. The molecule has 5 nitrogen and oxygen atoms in total. The van der Waals surface area contributed by atoms with E-state index in [0.29, 0.717) is 25.9 Å². The van der Waals surface area contributed by atoms with Gasteiger partial charge >= 0.3 is 0 Å². The lowest BCUT2D eigenvalue weighted by atomic mass is 10.2. The fourth-order valence-electron chi connectivity index (χ4n) is 2.62. The Bertz CT molecular complexity index is 605. The zero-order valence-corrected chi connectivity index (χ0v) is 12.2. The number of hydrogen-bond donors (Lipinski definition) is 0. The molecule has 1 aliphatic rings. The van der Waals surface area contributed by atoms with E-state index >= 15 is 0 Å². The van der Waals surface area contributed by atoms with Gasteiger partial charge in [0, 0.05) is 44.7 Å². The van der Waals surface area contributed by atoms with Crippen molar-refractivity contribution in [2.45, 2.75) is 12.8 Å². The fourth-order valence-corrected chi connectivity index (χ4v) is 2.62. The molecule has 2 aromatic rings. The maximum Gasteiger partial charge on any atom is 0.223 e. The predicted octanol–water partition coefficient (Wildman–Crippen LogP) is 2.10. The number of benzene rings is 1. The third-order valence-electron chi connectivity index (χ3n) is 3.90. The molecule has 0 radical (unpaired) electrons. The quantitative estimate of drug-likeness (QED) is 0.868. The summed E-state index contributed by atoms with van der Waals surface area (Å²) in [5.41, 5.74) is 1.80. The minimum absolute atomic E-state index is 0.141. The molecule has 116 valence electrons. The van der Waals surface area contributed by atoms with Gasteiger partial charge < -0.3 is 14.2 Å². The van der Waals surface area contributed by atoms with Crippen LogP contribution in [-0.2, 0) is 11.2 Å². The number of carbonyl (C=O) groups is 1. The van der Waals surface area contributed by atoms with E-state index in [1.807, 2.05) is 4.90 Å². The van der Waals surface area contributed by atoms with Crippen molar-refractivity contribution in [3.8, 4) is 0 Å². The van der Waals surface area contributed by atoms with Crippen LogP contribution in [0.2, 0.25) is 0 Å². The smallest absolute Gasteiger partial charge is 0.223 e. The molecular weight excluding hydrogens is 285 g/mol. The number of oxazole rings is 1. The Balaban J connectivity index is 1.48. The lowest BCUT2D eigenvalue weighted by molar-refractivity contribution is -0.131. The van der Waals surface area contributed by atoms with E-state index in [-0.39, 0.29) is 11.7 Å². The van der Waals surface area contributed by atoms with Crippen LogP contribution in [0.1, 0.15) is 12.1 Å². The number of hydrogen-bond acceptors (Lipinski definition) is 4. The molecule has 1 aromatic carbocycles. The van der Waals surface area contributed by atoms with Gasteiger partial charge in [0.25, 0.3) is 0 Å². The molecule has 6 heteroatoms. The molecule has 1 saturated heterocycles. The predicted molar refractivity (Wildman–Crippen MR) is 80.0 cm³/mol. The highest BCUT2D eigenvalue weighted by atomic mass is 19.1. The van der Waals surface area contributed by atoms with Crippen LogP contribution in [0.4, 0.5) is 10.1 Å². The number of anilines is 1. The SMILES string of the molecule is O=C(CCc1cocn1)N1CCN(c2ccc(F)cc2)CC1. The summed E-state index contributed by atoms with van der Waals surface area (Å²) < 4.78 is 17.8. The molecule has 0 atom stereocenters. The zero-order valence-electron chi connectivity index (χ0n) is 12.2. The Morgan fingerprint density at radius 1 is 1.18 bits per heavy atom. The van der Waals surface area contributed by atoms with Gasteiger partial charge in [-0.05, 0) is 24.3 Å².